The second kappa shape index (κ2) is 5.47. The van der Waals surface area contributed by atoms with Crippen LogP contribution in [0.25, 0.3) is 0 Å². The van der Waals surface area contributed by atoms with Crippen molar-refractivity contribution in [1.82, 2.24) is 0 Å². The van der Waals surface area contributed by atoms with Crippen molar-refractivity contribution in [2.75, 3.05) is 4.72 Å². The van der Waals surface area contributed by atoms with E-state index in [0.29, 0.717) is 16.5 Å². The van der Waals surface area contributed by atoms with Crippen molar-refractivity contribution in [3.63, 3.8) is 0 Å². The fourth-order valence-corrected chi connectivity index (χ4v) is 4.55. The fraction of sp³-hybridized carbons (Fsp3) is 0.167. The van der Waals surface area contributed by atoms with Gasteiger partial charge in [-0.2, -0.15) is 0 Å². The van der Waals surface area contributed by atoms with E-state index in [-0.39, 0.29) is 17.1 Å². The lowest BCUT2D eigenvalue weighted by Crippen LogP contribution is -2.16. The normalized spacial score (nSPS) is 11.6. The Morgan fingerprint density at radius 3 is 2.40 bits per heavy atom. The monoisotopic (exact) mass is 318 g/mol. The van der Waals surface area contributed by atoms with E-state index in [1.165, 1.54) is 11.3 Å². The molecule has 0 aliphatic carbocycles. The third-order valence-electron chi connectivity index (χ3n) is 2.56. The topological polar surface area (TPSA) is 72.2 Å². The number of aryl methyl sites for hydroxylation is 1. The van der Waals surface area contributed by atoms with Crippen LogP contribution in [0.5, 0.6) is 0 Å². The Morgan fingerprint density at radius 1 is 1.25 bits per heavy atom. The van der Waals surface area contributed by atoms with Crippen LogP contribution >= 0.6 is 11.3 Å². The van der Waals surface area contributed by atoms with Gasteiger partial charge in [0.05, 0.1) is 5.69 Å². The maximum Gasteiger partial charge on any atom is 0.263 e. The summed E-state index contributed by atoms with van der Waals surface area (Å²) < 4.78 is 52.9. The Labute approximate surface area is 119 Å². The van der Waals surface area contributed by atoms with Crippen molar-refractivity contribution in [3.05, 3.63) is 45.7 Å². The summed E-state index contributed by atoms with van der Waals surface area (Å²) in [4.78, 5) is 0.557. The highest BCUT2D eigenvalue weighted by Gasteiger charge is 2.22. The largest absolute Gasteiger partial charge is 0.326 e. The van der Waals surface area contributed by atoms with Crippen molar-refractivity contribution in [3.8, 4) is 0 Å². The highest BCUT2D eigenvalue weighted by Crippen LogP contribution is 2.28. The number of nitrogens with two attached hydrogens (primary N) is 1. The quantitative estimate of drug-likeness (QED) is 0.910. The molecule has 1 aromatic carbocycles. The highest BCUT2D eigenvalue weighted by molar-refractivity contribution is 7.93. The maximum absolute atomic E-state index is 13.1. The molecule has 0 radical (unpaired) electrons. The van der Waals surface area contributed by atoms with Crippen LogP contribution in [0, 0.1) is 18.6 Å². The van der Waals surface area contributed by atoms with Crippen molar-refractivity contribution in [2.24, 2.45) is 5.73 Å². The number of anilines is 1. The van der Waals surface area contributed by atoms with E-state index in [1.807, 2.05) is 0 Å². The van der Waals surface area contributed by atoms with Crippen molar-refractivity contribution < 1.29 is 17.2 Å². The first-order valence-electron chi connectivity index (χ1n) is 5.59. The molecule has 8 heteroatoms. The summed E-state index contributed by atoms with van der Waals surface area (Å²) in [5, 5.41) is 1.67. The Hall–Kier alpha value is -1.51. The van der Waals surface area contributed by atoms with Crippen LogP contribution in [0.1, 0.15) is 10.4 Å². The maximum atomic E-state index is 13.1. The molecule has 4 nitrogen and oxygen atoms in total. The standard InChI is InChI=1S/C12H12F2N2O2S2/c1-7-6-19-11(5-15)12(7)20(17,18)16-10-3-8(13)2-9(14)4-10/h2-4,6,16H,5,15H2,1H3. The number of nitrogens with one attached hydrogen (secondary N) is 1. The molecule has 0 saturated carbocycles. The van der Waals surface area contributed by atoms with Crippen LogP contribution in [0.3, 0.4) is 0 Å². The summed E-state index contributed by atoms with van der Waals surface area (Å²) >= 11 is 1.23. The molecule has 0 saturated heterocycles. The average molecular weight is 318 g/mol. The lowest BCUT2D eigenvalue weighted by atomic mass is 10.3. The Balaban J connectivity index is 2.43. The first-order valence-corrected chi connectivity index (χ1v) is 7.95. The molecule has 0 atom stereocenters. The SMILES string of the molecule is Cc1csc(CN)c1S(=O)(=O)Nc1cc(F)cc(F)c1. The van der Waals surface area contributed by atoms with E-state index in [0.717, 1.165) is 12.1 Å². The van der Waals surface area contributed by atoms with Gasteiger partial charge in [0, 0.05) is 17.5 Å². The number of sulfonamides is 1. The molecule has 0 bridgehead atoms. The Bertz CT molecular complexity index is 722. The number of halogens is 2. The summed E-state index contributed by atoms with van der Waals surface area (Å²) in [5.41, 5.74) is 5.87. The van der Waals surface area contributed by atoms with Crippen LogP contribution in [0.15, 0.2) is 28.5 Å². The van der Waals surface area contributed by atoms with Crippen LogP contribution in [-0.2, 0) is 16.6 Å². The van der Waals surface area contributed by atoms with E-state index >= 15 is 0 Å². The first kappa shape index (κ1) is 14.9. The zero-order valence-corrected chi connectivity index (χ0v) is 12.1. The number of hydrogen-bond donors (Lipinski definition) is 2. The molecule has 20 heavy (non-hydrogen) atoms. The smallest absolute Gasteiger partial charge is 0.263 e. The van der Waals surface area contributed by atoms with Gasteiger partial charge in [-0.25, -0.2) is 17.2 Å². The zero-order chi connectivity index (χ0) is 14.9. The van der Waals surface area contributed by atoms with Crippen molar-refractivity contribution in [2.45, 2.75) is 18.4 Å². The average Bonchev–Trinajstić information content (AvgIpc) is 2.69. The zero-order valence-electron chi connectivity index (χ0n) is 10.5. The van der Waals surface area contributed by atoms with Crippen LogP contribution < -0.4 is 10.5 Å². The second-order valence-corrected chi connectivity index (χ2v) is 6.72. The van der Waals surface area contributed by atoms with Gasteiger partial charge in [0.25, 0.3) is 10.0 Å². The van der Waals surface area contributed by atoms with E-state index in [4.69, 9.17) is 5.73 Å². The molecular formula is C12H12F2N2O2S2. The Morgan fingerprint density at radius 2 is 1.85 bits per heavy atom. The summed E-state index contributed by atoms with van der Waals surface area (Å²) in [6.07, 6.45) is 0. The Kier molecular flexibility index (Phi) is 4.07. The summed E-state index contributed by atoms with van der Waals surface area (Å²) in [6.45, 7) is 1.71. The van der Waals surface area contributed by atoms with Gasteiger partial charge >= 0.3 is 0 Å². The molecule has 2 aromatic rings. The van der Waals surface area contributed by atoms with E-state index in [1.54, 1.807) is 12.3 Å². The minimum Gasteiger partial charge on any atom is -0.326 e. The highest BCUT2D eigenvalue weighted by atomic mass is 32.2. The third-order valence-corrected chi connectivity index (χ3v) is 5.42. The molecule has 1 heterocycles. The van der Waals surface area contributed by atoms with Crippen molar-refractivity contribution in [1.29, 1.82) is 0 Å². The molecule has 1 aromatic heterocycles. The number of thiophene rings is 1. The summed E-state index contributed by atoms with van der Waals surface area (Å²) in [7, 11) is -3.93. The van der Waals surface area contributed by atoms with E-state index in [2.05, 4.69) is 4.72 Å². The molecular weight excluding hydrogens is 306 g/mol. The van der Waals surface area contributed by atoms with Gasteiger partial charge < -0.3 is 5.73 Å². The third kappa shape index (κ3) is 2.97. The van der Waals surface area contributed by atoms with Gasteiger partial charge in [0.1, 0.15) is 16.5 Å². The van der Waals surface area contributed by atoms with E-state index < -0.39 is 21.7 Å². The predicted octanol–water partition coefficient (Wildman–Crippen LogP) is 2.59. The minimum atomic E-state index is -3.93. The molecule has 2 rings (SSSR count). The molecule has 0 unspecified atom stereocenters. The van der Waals surface area contributed by atoms with Gasteiger partial charge in [0.2, 0.25) is 0 Å². The lowest BCUT2D eigenvalue weighted by molar-refractivity contribution is 0.584. The molecule has 0 spiro atoms. The minimum absolute atomic E-state index is 0.0645. The molecule has 0 aliphatic heterocycles. The molecule has 0 amide bonds. The lowest BCUT2D eigenvalue weighted by Gasteiger charge is -2.10. The second-order valence-electron chi connectivity index (χ2n) is 4.14. The summed E-state index contributed by atoms with van der Waals surface area (Å²) in [6, 6.07) is 2.48. The number of benzene rings is 1. The molecule has 108 valence electrons. The van der Waals surface area contributed by atoms with Gasteiger partial charge in [-0.3, -0.25) is 4.72 Å². The van der Waals surface area contributed by atoms with Gasteiger partial charge in [-0.1, -0.05) is 0 Å². The van der Waals surface area contributed by atoms with Gasteiger partial charge in [0.15, 0.2) is 0 Å². The number of rotatable bonds is 4. The van der Waals surface area contributed by atoms with Crippen LogP contribution in [0.2, 0.25) is 0 Å². The molecule has 0 aliphatic rings. The van der Waals surface area contributed by atoms with Gasteiger partial charge in [-0.05, 0) is 30.0 Å². The van der Waals surface area contributed by atoms with Crippen molar-refractivity contribution >= 4 is 27.0 Å². The van der Waals surface area contributed by atoms with Crippen LogP contribution in [0.4, 0.5) is 14.5 Å². The summed E-state index contributed by atoms with van der Waals surface area (Å²) in [5.74, 6) is -1.72. The molecule has 3 N–H and O–H groups in total. The van der Waals surface area contributed by atoms with E-state index in [9.17, 15) is 17.2 Å². The predicted molar refractivity (Wildman–Crippen MR) is 74.1 cm³/mol. The molecule has 0 fully saturated rings. The van der Waals surface area contributed by atoms with Crippen LogP contribution in [-0.4, -0.2) is 8.42 Å². The fourth-order valence-electron chi connectivity index (χ4n) is 1.81. The first-order chi connectivity index (χ1) is 9.33. The van der Waals surface area contributed by atoms with Gasteiger partial charge in [-0.15, -0.1) is 11.3 Å². The number of hydrogen-bond acceptors (Lipinski definition) is 4.